The van der Waals surface area contributed by atoms with Gasteiger partial charge in [0.1, 0.15) is 11.6 Å². The Hall–Kier alpha value is -2.93. The number of ether oxygens (including phenoxy) is 2. The van der Waals surface area contributed by atoms with Crippen molar-refractivity contribution in [3.63, 3.8) is 0 Å². The molecule has 5 rings (SSSR count). The number of hydrogen-bond donors (Lipinski definition) is 2. The lowest BCUT2D eigenvalue weighted by Gasteiger charge is -2.40. The molecule has 1 aromatic heterocycles. The van der Waals surface area contributed by atoms with Crippen LogP contribution in [0.25, 0.3) is 0 Å². The van der Waals surface area contributed by atoms with E-state index in [1.54, 1.807) is 24.3 Å². The number of carbonyl (C=O) groups is 1. The summed E-state index contributed by atoms with van der Waals surface area (Å²) in [5.41, 5.74) is 8.47. The summed E-state index contributed by atoms with van der Waals surface area (Å²) in [4.78, 5) is 18.0. The van der Waals surface area contributed by atoms with Crippen LogP contribution < -0.4 is 15.8 Å². The summed E-state index contributed by atoms with van der Waals surface area (Å²) in [5, 5.41) is 3.91. The number of pyridine rings is 1. The number of carbonyl (C=O) groups excluding carboxylic acids is 1. The number of piperazine rings is 1. The second kappa shape index (κ2) is 15.3. The summed E-state index contributed by atoms with van der Waals surface area (Å²) in [6.07, 6.45) is 4.70. The molecule has 0 bridgehead atoms. The maximum atomic E-state index is 15.4. The van der Waals surface area contributed by atoms with Crippen molar-refractivity contribution >= 4 is 27.4 Å². The molecule has 2 fully saturated rings. The Morgan fingerprint density at radius 3 is 2.50 bits per heavy atom. The van der Waals surface area contributed by atoms with Gasteiger partial charge in [-0.1, -0.05) is 23.7 Å². The molecule has 3 heterocycles. The molecule has 4 atom stereocenters. The van der Waals surface area contributed by atoms with Crippen LogP contribution in [-0.4, -0.2) is 75.0 Å². The van der Waals surface area contributed by atoms with Crippen molar-refractivity contribution in [3.05, 3.63) is 88.5 Å². The van der Waals surface area contributed by atoms with Gasteiger partial charge >= 0.3 is 0 Å². The molecular weight excluding hydrogens is 631 g/mol. The summed E-state index contributed by atoms with van der Waals surface area (Å²) in [5.74, 6) is -0.273. The van der Waals surface area contributed by atoms with Gasteiger partial charge in [-0.15, -0.1) is 0 Å². The zero-order chi connectivity index (χ0) is 32.8. The number of hydrogen-bond acceptors (Lipinski definition) is 8. The van der Waals surface area contributed by atoms with Crippen LogP contribution in [0, 0.1) is 11.7 Å². The number of halogens is 2. The minimum absolute atomic E-state index is 0.0816. The lowest BCUT2D eigenvalue weighted by atomic mass is 9.75. The molecule has 2 aromatic carbocycles. The predicted octanol–water partition coefficient (Wildman–Crippen LogP) is 4.52. The Kier molecular flexibility index (Phi) is 11.5. The van der Waals surface area contributed by atoms with Gasteiger partial charge in [0, 0.05) is 61.9 Å². The fraction of sp³-hybridized carbons (Fsp3) is 0.471. The summed E-state index contributed by atoms with van der Waals surface area (Å²) in [7, 11) is -2.32. The highest BCUT2D eigenvalue weighted by Gasteiger charge is 2.38. The molecule has 0 unspecified atom stereocenters. The largest absolute Gasteiger partial charge is 0.497 e. The van der Waals surface area contributed by atoms with E-state index in [4.69, 9.17) is 26.8 Å². The molecule has 46 heavy (non-hydrogen) atoms. The van der Waals surface area contributed by atoms with E-state index in [-0.39, 0.29) is 41.4 Å². The van der Waals surface area contributed by atoms with Gasteiger partial charge < -0.3 is 20.5 Å². The van der Waals surface area contributed by atoms with Crippen LogP contribution in [0.1, 0.15) is 48.8 Å². The van der Waals surface area contributed by atoms with Crippen molar-refractivity contribution in [1.82, 2.24) is 14.6 Å². The molecule has 0 aliphatic carbocycles. The summed E-state index contributed by atoms with van der Waals surface area (Å²) in [6.45, 7) is 3.98. The topological polar surface area (TPSA) is 124 Å². The van der Waals surface area contributed by atoms with E-state index in [9.17, 15) is 13.2 Å². The van der Waals surface area contributed by atoms with Crippen molar-refractivity contribution in [2.45, 2.75) is 68.0 Å². The summed E-state index contributed by atoms with van der Waals surface area (Å²) in [6, 6.07) is 12.2. The zero-order valence-corrected chi connectivity index (χ0v) is 27.8. The molecule has 248 valence electrons. The van der Waals surface area contributed by atoms with Crippen molar-refractivity contribution < 1.29 is 27.1 Å². The lowest BCUT2D eigenvalue weighted by molar-refractivity contribution is -0.120. The van der Waals surface area contributed by atoms with Gasteiger partial charge in [0.2, 0.25) is 10.0 Å². The van der Waals surface area contributed by atoms with E-state index in [2.05, 4.69) is 10.3 Å². The quantitative estimate of drug-likeness (QED) is 0.288. The van der Waals surface area contributed by atoms with Crippen LogP contribution in [0.2, 0.25) is 5.02 Å². The third-order valence-corrected chi connectivity index (χ3v) is 11.6. The van der Waals surface area contributed by atoms with Gasteiger partial charge in [-0.05, 0) is 91.6 Å². The molecule has 0 saturated carbocycles. The summed E-state index contributed by atoms with van der Waals surface area (Å²) < 4.78 is 55.3. The zero-order valence-electron chi connectivity index (χ0n) is 26.2. The first-order valence-corrected chi connectivity index (χ1v) is 17.5. The number of methoxy groups -OCH3 is 1. The Morgan fingerprint density at radius 2 is 1.83 bits per heavy atom. The standard InChI is InChI=1S/C34H42ClFN4O5S/c1-22-18-38-20-27(40(22)46(42,43)29-10-8-28(44-2)9-11-29)7-12-30-25(19-39-21-31(30)36)17-32(41)34(37)33(24-13-15-45-16-14-24)23-3-5-26(35)6-4-23/h3-6,8-11,19,21-22,24,27,33-34,38H,7,12-18,20,37H2,1-2H3/t22-,27-,33-,34+/m0/s1. The SMILES string of the molecule is COc1ccc(S(=O)(=O)N2[C@@H](CCc3c(F)cncc3CC(=O)[C@@H](N)[C@@H](c3ccc(Cl)cc3)C3CCOCC3)CNC[C@@H]2C)cc1. The molecule has 0 spiro atoms. The van der Waals surface area contributed by atoms with Crippen LogP contribution in [0.5, 0.6) is 5.75 Å². The highest BCUT2D eigenvalue weighted by molar-refractivity contribution is 7.89. The predicted molar refractivity (Wildman–Crippen MR) is 175 cm³/mol. The number of ketones is 1. The molecule has 9 nitrogen and oxygen atoms in total. The molecule has 2 aliphatic heterocycles. The monoisotopic (exact) mass is 672 g/mol. The fourth-order valence-corrected chi connectivity index (χ4v) is 8.78. The minimum Gasteiger partial charge on any atom is -0.497 e. The Labute approximate surface area is 275 Å². The van der Waals surface area contributed by atoms with Crippen molar-refractivity contribution in [3.8, 4) is 5.75 Å². The average molecular weight is 673 g/mol. The minimum atomic E-state index is -3.85. The Bertz CT molecular complexity index is 1590. The third kappa shape index (κ3) is 7.78. The van der Waals surface area contributed by atoms with E-state index in [0.29, 0.717) is 54.6 Å². The van der Waals surface area contributed by atoms with Gasteiger partial charge in [-0.3, -0.25) is 9.78 Å². The Morgan fingerprint density at radius 1 is 1.13 bits per heavy atom. The first-order chi connectivity index (χ1) is 22.1. The molecule has 2 saturated heterocycles. The second-order valence-electron chi connectivity index (χ2n) is 12.2. The summed E-state index contributed by atoms with van der Waals surface area (Å²) >= 11 is 6.15. The number of nitrogens with one attached hydrogen (secondary N) is 1. The Balaban J connectivity index is 1.35. The third-order valence-electron chi connectivity index (χ3n) is 9.22. The molecule has 2 aliphatic rings. The van der Waals surface area contributed by atoms with Crippen LogP contribution in [0.4, 0.5) is 4.39 Å². The molecule has 12 heteroatoms. The van der Waals surface area contributed by atoms with Gasteiger partial charge in [0.05, 0.1) is 24.2 Å². The number of benzene rings is 2. The number of rotatable bonds is 12. The molecular formula is C34H42ClFN4O5S. The first-order valence-electron chi connectivity index (χ1n) is 15.7. The molecule has 0 radical (unpaired) electrons. The van der Waals surface area contributed by atoms with Crippen LogP contribution in [0.3, 0.4) is 0 Å². The highest BCUT2D eigenvalue weighted by Crippen LogP contribution is 2.36. The fourth-order valence-electron chi connectivity index (χ4n) is 6.81. The van der Waals surface area contributed by atoms with E-state index in [1.165, 1.54) is 29.7 Å². The van der Waals surface area contributed by atoms with Crippen LogP contribution in [-0.2, 0) is 32.4 Å². The number of aromatic nitrogens is 1. The van der Waals surface area contributed by atoms with Gasteiger partial charge in [0.15, 0.2) is 5.78 Å². The smallest absolute Gasteiger partial charge is 0.243 e. The molecule has 3 aromatic rings. The lowest BCUT2D eigenvalue weighted by Crippen LogP contribution is -2.58. The molecule has 3 N–H and O–H groups in total. The van der Waals surface area contributed by atoms with E-state index in [1.807, 2.05) is 19.1 Å². The van der Waals surface area contributed by atoms with E-state index >= 15 is 4.39 Å². The van der Waals surface area contributed by atoms with Gasteiger partial charge in [-0.2, -0.15) is 4.31 Å². The van der Waals surface area contributed by atoms with Crippen molar-refractivity contribution in [2.75, 3.05) is 33.4 Å². The highest BCUT2D eigenvalue weighted by atomic mass is 35.5. The first kappa shape index (κ1) is 34.4. The van der Waals surface area contributed by atoms with E-state index in [0.717, 1.165) is 24.6 Å². The number of nitrogens with zero attached hydrogens (tertiary/aromatic N) is 2. The van der Waals surface area contributed by atoms with E-state index < -0.39 is 27.9 Å². The van der Waals surface area contributed by atoms with Crippen molar-refractivity contribution in [2.24, 2.45) is 11.7 Å². The maximum Gasteiger partial charge on any atom is 0.243 e. The normalized spacial score (nSPS) is 21.1. The average Bonchev–Trinajstić information content (AvgIpc) is 3.06. The maximum absolute atomic E-state index is 15.4. The van der Waals surface area contributed by atoms with Crippen LogP contribution >= 0.6 is 11.6 Å². The number of Topliss-reactive ketones (excluding diaryl/α,β-unsaturated/α-hetero) is 1. The van der Waals surface area contributed by atoms with Gasteiger partial charge in [0.25, 0.3) is 0 Å². The second-order valence-corrected chi connectivity index (χ2v) is 14.4. The number of nitrogens with two attached hydrogens (primary N) is 1. The number of sulfonamides is 1. The van der Waals surface area contributed by atoms with Gasteiger partial charge in [-0.25, -0.2) is 12.8 Å². The van der Waals surface area contributed by atoms with Crippen molar-refractivity contribution in [1.29, 1.82) is 0 Å². The molecule has 0 amide bonds. The van der Waals surface area contributed by atoms with Crippen LogP contribution in [0.15, 0.2) is 65.8 Å².